The van der Waals surface area contributed by atoms with Gasteiger partial charge in [-0.25, -0.2) is 4.99 Å². The predicted molar refractivity (Wildman–Crippen MR) is 37.8 cm³/mol. The average molecular weight is 148 g/mol. The first-order chi connectivity index (χ1) is 5.27. The van der Waals surface area contributed by atoms with E-state index in [0.29, 0.717) is 11.1 Å². The quantitative estimate of drug-likeness (QED) is 0.505. The molecule has 0 saturated carbocycles. The Hall–Kier alpha value is -1.71. The molecule has 0 aromatic heterocycles. The van der Waals surface area contributed by atoms with Gasteiger partial charge in [-0.15, -0.1) is 0 Å². The zero-order valence-corrected chi connectivity index (χ0v) is 5.50. The van der Waals surface area contributed by atoms with E-state index < -0.39 is 0 Å². The Balaban J connectivity index is 2.50. The van der Waals surface area contributed by atoms with Gasteiger partial charge < -0.3 is 5.32 Å². The molecule has 2 rings (SSSR count). The molecule has 2 aliphatic rings. The number of carbonyl (C=O) groups is 2. The molecule has 0 aromatic carbocycles. The molecule has 11 heavy (non-hydrogen) atoms. The van der Waals surface area contributed by atoms with Crippen LogP contribution < -0.4 is 5.32 Å². The molecule has 0 saturated heterocycles. The number of rotatable bonds is 0. The number of fused-ring (bicyclic) bond motifs is 1. The molecule has 2 amide bonds. The Morgan fingerprint density at radius 2 is 2.18 bits per heavy atom. The van der Waals surface area contributed by atoms with Crippen LogP contribution in [-0.4, -0.2) is 18.0 Å². The van der Waals surface area contributed by atoms with Crippen LogP contribution in [0.3, 0.4) is 0 Å². The van der Waals surface area contributed by atoms with E-state index in [9.17, 15) is 9.59 Å². The van der Waals surface area contributed by atoms with Crippen LogP contribution in [0.25, 0.3) is 0 Å². The lowest BCUT2D eigenvalue weighted by Gasteiger charge is -1.99. The number of nitrogens with zero attached hydrogens (tertiary/aromatic N) is 1. The normalized spacial score (nSPS) is 20.7. The van der Waals surface area contributed by atoms with Crippen LogP contribution >= 0.6 is 0 Å². The Kier molecular flexibility index (Phi) is 1.03. The molecule has 0 bridgehead atoms. The number of carbonyl (C=O) groups excluding carboxylic acids is 2. The van der Waals surface area contributed by atoms with Crippen molar-refractivity contribution >= 4 is 18.0 Å². The number of dihydropyridines is 1. The molecule has 54 valence electrons. The summed E-state index contributed by atoms with van der Waals surface area (Å²) in [6.45, 7) is 0. The lowest BCUT2D eigenvalue weighted by atomic mass is 10.1. The van der Waals surface area contributed by atoms with Crippen LogP contribution in [0.4, 0.5) is 0 Å². The molecular weight excluding hydrogens is 144 g/mol. The van der Waals surface area contributed by atoms with Crippen molar-refractivity contribution in [3.8, 4) is 0 Å². The molecule has 0 radical (unpaired) electrons. The molecule has 0 spiro atoms. The molecule has 4 heteroatoms. The number of aliphatic imine (C=N–C) groups is 1. The Bertz CT molecular complexity index is 336. The van der Waals surface area contributed by atoms with Gasteiger partial charge in [-0.3, -0.25) is 9.59 Å². The third-order valence-corrected chi connectivity index (χ3v) is 1.51. The molecule has 0 fully saturated rings. The lowest BCUT2D eigenvalue weighted by molar-refractivity contribution is -0.117. The molecule has 2 aliphatic heterocycles. The SMILES string of the molecule is O=C1C=C2C(=O)NC=C2C=N1. The predicted octanol–water partition coefficient (Wildman–Crippen LogP) is -0.463. The van der Waals surface area contributed by atoms with Crippen molar-refractivity contribution in [1.82, 2.24) is 5.32 Å². The number of amides is 2. The van der Waals surface area contributed by atoms with Crippen LogP contribution in [0.5, 0.6) is 0 Å². The van der Waals surface area contributed by atoms with Gasteiger partial charge >= 0.3 is 0 Å². The number of nitrogens with one attached hydrogen (secondary N) is 1. The topological polar surface area (TPSA) is 58.5 Å². The van der Waals surface area contributed by atoms with E-state index in [-0.39, 0.29) is 11.8 Å². The highest BCUT2D eigenvalue weighted by Crippen LogP contribution is 2.16. The van der Waals surface area contributed by atoms with E-state index in [0.717, 1.165) is 0 Å². The molecule has 2 heterocycles. The zero-order chi connectivity index (χ0) is 7.84. The van der Waals surface area contributed by atoms with Gasteiger partial charge in [0.1, 0.15) is 0 Å². The van der Waals surface area contributed by atoms with E-state index in [1.807, 2.05) is 0 Å². The highest BCUT2D eigenvalue weighted by Gasteiger charge is 2.22. The summed E-state index contributed by atoms with van der Waals surface area (Å²) in [6, 6.07) is 0. The fourth-order valence-electron chi connectivity index (χ4n) is 0.979. The van der Waals surface area contributed by atoms with E-state index in [2.05, 4.69) is 10.3 Å². The van der Waals surface area contributed by atoms with Crippen molar-refractivity contribution in [3.05, 3.63) is 23.4 Å². The van der Waals surface area contributed by atoms with Crippen molar-refractivity contribution in [3.63, 3.8) is 0 Å². The molecule has 4 nitrogen and oxygen atoms in total. The van der Waals surface area contributed by atoms with Crippen molar-refractivity contribution < 1.29 is 9.59 Å². The summed E-state index contributed by atoms with van der Waals surface area (Å²) in [6.07, 6.45) is 4.15. The van der Waals surface area contributed by atoms with Crippen molar-refractivity contribution in [2.45, 2.75) is 0 Å². The minimum Gasteiger partial charge on any atom is -0.328 e. The first kappa shape index (κ1) is 6.03. The van der Waals surface area contributed by atoms with Crippen LogP contribution in [0.2, 0.25) is 0 Å². The van der Waals surface area contributed by atoms with Crippen molar-refractivity contribution in [2.75, 3.05) is 0 Å². The Morgan fingerprint density at radius 1 is 1.36 bits per heavy atom. The van der Waals surface area contributed by atoms with Gasteiger partial charge in [-0.2, -0.15) is 0 Å². The maximum atomic E-state index is 10.9. The third-order valence-electron chi connectivity index (χ3n) is 1.51. The molecular formula is C7H4N2O2. The van der Waals surface area contributed by atoms with E-state index >= 15 is 0 Å². The highest BCUT2D eigenvalue weighted by molar-refractivity contribution is 6.18. The number of hydrogen-bond acceptors (Lipinski definition) is 2. The first-order valence-corrected chi connectivity index (χ1v) is 3.08. The van der Waals surface area contributed by atoms with E-state index in [1.165, 1.54) is 18.5 Å². The Morgan fingerprint density at radius 3 is 3.00 bits per heavy atom. The molecule has 0 aromatic rings. The van der Waals surface area contributed by atoms with Crippen molar-refractivity contribution in [1.29, 1.82) is 0 Å². The van der Waals surface area contributed by atoms with Gasteiger partial charge in [0.2, 0.25) is 0 Å². The first-order valence-electron chi connectivity index (χ1n) is 3.08. The van der Waals surface area contributed by atoms with Crippen LogP contribution in [0.1, 0.15) is 0 Å². The molecule has 0 atom stereocenters. The van der Waals surface area contributed by atoms with Gasteiger partial charge in [-0.05, 0) is 0 Å². The molecule has 0 aliphatic carbocycles. The van der Waals surface area contributed by atoms with Gasteiger partial charge in [0, 0.05) is 24.1 Å². The highest BCUT2D eigenvalue weighted by atomic mass is 16.2. The fraction of sp³-hybridized carbons (Fsp3) is 0. The van der Waals surface area contributed by atoms with Crippen LogP contribution in [-0.2, 0) is 9.59 Å². The Labute approximate surface area is 62.3 Å². The smallest absolute Gasteiger partial charge is 0.270 e. The fourth-order valence-corrected chi connectivity index (χ4v) is 0.979. The summed E-state index contributed by atoms with van der Waals surface area (Å²) in [5, 5.41) is 2.47. The second kappa shape index (κ2) is 1.88. The van der Waals surface area contributed by atoms with Gasteiger partial charge in [0.25, 0.3) is 11.8 Å². The standard InChI is InChI=1S/C7H4N2O2/c10-6-1-5-4(2-8-6)3-9-7(5)11/h1-3H,(H,9,11). The summed E-state index contributed by atoms with van der Waals surface area (Å²) < 4.78 is 0. The van der Waals surface area contributed by atoms with Gasteiger partial charge in [0.15, 0.2) is 0 Å². The summed E-state index contributed by atoms with van der Waals surface area (Å²) in [7, 11) is 0. The molecule has 1 N–H and O–H groups in total. The zero-order valence-electron chi connectivity index (χ0n) is 5.50. The third kappa shape index (κ3) is 0.797. The summed E-state index contributed by atoms with van der Waals surface area (Å²) in [5.74, 6) is -0.617. The summed E-state index contributed by atoms with van der Waals surface area (Å²) in [4.78, 5) is 25.1. The maximum Gasteiger partial charge on any atom is 0.270 e. The van der Waals surface area contributed by atoms with E-state index in [4.69, 9.17) is 0 Å². The van der Waals surface area contributed by atoms with Gasteiger partial charge in [0.05, 0.1) is 5.57 Å². The maximum absolute atomic E-state index is 10.9. The van der Waals surface area contributed by atoms with Gasteiger partial charge in [-0.1, -0.05) is 0 Å². The number of hydrogen-bond donors (Lipinski definition) is 1. The van der Waals surface area contributed by atoms with Crippen molar-refractivity contribution in [2.24, 2.45) is 4.99 Å². The monoisotopic (exact) mass is 148 g/mol. The summed E-state index contributed by atoms with van der Waals surface area (Å²) >= 11 is 0. The lowest BCUT2D eigenvalue weighted by Crippen LogP contribution is -2.14. The largest absolute Gasteiger partial charge is 0.328 e. The second-order valence-electron chi connectivity index (χ2n) is 2.23. The molecule has 0 unspecified atom stereocenters. The second-order valence-corrected chi connectivity index (χ2v) is 2.23. The summed E-state index contributed by atoms with van der Waals surface area (Å²) in [5.41, 5.74) is 1.08. The minimum absolute atomic E-state index is 0.237. The minimum atomic E-state index is -0.380. The average Bonchev–Trinajstić information content (AvgIpc) is 2.33. The van der Waals surface area contributed by atoms with Crippen LogP contribution in [0.15, 0.2) is 28.4 Å². The van der Waals surface area contributed by atoms with E-state index in [1.54, 1.807) is 0 Å². The van der Waals surface area contributed by atoms with Crippen LogP contribution in [0, 0.1) is 0 Å².